The third-order valence-corrected chi connectivity index (χ3v) is 2.11. The van der Waals surface area contributed by atoms with E-state index in [-0.39, 0.29) is 6.61 Å². The van der Waals surface area contributed by atoms with Crippen molar-refractivity contribution in [2.24, 2.45) is 5.73 Å². The van der Waals surface area contributed by atoms with Crippen LogP contribution < -0.4 is 10.5 Å². The van der Waals surface area contributed by atoms with Gasteiger partial charge in [0.25, 0.3) is 0 Å². The number of alkyl halides is 3. The molecule has 0 aromatic heterocycles. The molecule has 1 aromatic rings. The minimum atomic E-state index is -4.32. The molecule has 0 aliphatic rings. The number of rotatable bonds is 5. The molecule has 0 fully saturated rings. The number of methoxy groups -OCH3 is 1. The normalized spacial score (nSPS) is 13.5. The first kappa shape index (κ1) is 13.8. The van der Waals surface area contributed by atoms with Gasteiger partial charge in [-0.05, 0) is 17.7 Å². The standard InChI is InChI=1S/C11H14F3NO2/c1-16-9-4-2-8(3-5-9)10(15)6-17-7-11(12,13)14/h2-5,10H,6-7,15H2,1H3. The lowest BCUT2D eigenvalue weighted by atomic mass is 10.1. The van der Waals surface area contributed by atoms with Crippen molar-refractivity contribution in [3.05, 3.63) is 29.8 Å². The molecule has 1 rings (SSSR count). The van der Waals surface area contributed by atoms with Gasteiger partial charge in [0.05, 0.1) is 19.8 Å². The summed E-state index contributed by atoms with van der Waals surface area (Å²) in [5, 5.41) is 0. The van der Waals surface area contributed by atoms with E-state index >= 15 is 0 Å². The van der Waals surface area contributed by atoms with Crippen LogP contribution in [0, 0.1) is 0 Å². The van der Waals surface area contributed by atoms with Gasteiger partial charge in [0.15, 0.2) is 0 Å². The molecule has 96 valence electrons. The number of hydrogen-bond donors (Lipinski definition) is 1. The Morgan fingerprint density at radius 2 is 1.82 bits per heavy atom. The van der Waals surface area contributed by atoms with Crippen LogP contribution in [0.25, 0.3) is 0 Å². The number of benzene rings is 1. The quantitative estimate of drug-likeness (QED) is 0.870. The van der Waals surface area contributed by atoms with Crippen LogP contribution in [0.5, 0.6) is 5.75 Å². The molecular formula is C11H14F3NO2. The maximum atomic E-state index is 11.8. The smallest absolute Gasteiger partial charge is 0.411 e. The molecule has 17 heavy (non-hydrogen) atoms. The minimum absolute atomic E-state index is 0.175. The molecule has 0 saturated heterocycles. The second-order valence-corrected chi connectivity index (χ2v) is 3.51. The fourth-order valence-electron chi connectivity index (χ4n) is 1.25. The van der Waals surface area contributed by atoms with Crippen LogP contribution in [0.15, 0.2) is 24.3 Å². The Morgan fingerprint density at radius 3 is 2.29 bits per heavy atom. The van der Waals surface area contributed by atoms with E-state index in [2.05, 4.69) is 4.74 Å². The first-order chi connectivity index (χ1) is 7.92. The van der Waals surface area contributed by atoms with Gasteiger partial charge in [-0.25, -0.2) is 0 Å². The summed E-state index contributed by atoms with van der Waals surface area (Å²) in [6.07, 6.45) is -4.32. The van der Waals surface area contributed by atoms with Crippen LogP contribution >= 0.6 is 0 Å². The number of nitrogens with two attached hydrogens (primary N) is 1. The topological polar surface area (TPSA) is 44.5 Å². The van der Waals surface area contributed by atoms with Crippen molar-refractivity contribution in [3.8, 4) is 5.75 Å². The van der Waals surface area contributed by atoms with Crippen molar-refractivity contribution < 1.29 is 22.6 Å². The van der Waals surface area contributed by atoms with Gasteiger partial charge in [0.2, 0.25) is 0 Å². The van der Waals surface area contributed by atoms with E-state index < -0.39 is 18.8 Å². The molecule has 0 spiro atoms. The Balaban J connectivity index is 2.43. The number of halogens is 3. The zero-order chi connectivity index (χ0) is 12.9. The monoisotopic (exact) mass is 249 g/mol. The van der Waals surface area contributed by atoms with Crippen LogP contribution in [0.4, 0.5) is 13.2 Å². The minimum Gasteiger partial charge on any atom is -0.497 e. The van der Waals surface area contributed by atoms with Gasteiger partial charge in [0.1, 0.15) is 12.4 Å². The molecule has 0 radical (unpaired) electrons. The molecule has 0 aliphatic carbocycles. The summed E-state index contributed by atoms with van der Waals surface area (Å²) >= 11 is 0. The van der Waals surface area contributed by atoms with E-state index in [9.17, 15) is 13.2 Å². The van der Waals surface area contributed by atoms with E-state index in [1.54, 1.807) is 24.3 Å². The van der Waals surface area contributed by atoms with Crippen molar-refractivity contribution in [2.75, 3.05) is 20.3 Å². The van der Waals surface area contributed by atoms with Crippen LogP contribution in [-0.4, -0.2) is 26.5 Å². The van der Waals surface area contributed by atoms with Gasteiger partial charge in [-0.2, -0.15) is 13.2 Å². The Kier molecular flexibility index (Phi) is 4.77. The van der Waals surface area contributed by atoms with Crippen molar-refractivity contribution in [2.45, 2.75) is 12.2 Å². The van der Waals surface area contributed by atoms with Crippen molar-refractivity contribution in [1.82, 2.24) is 0 Å². The zero-order valence-corrected chi connectivity index (χ0v) is 9.33. The summed E-state index contributed by atoms with van der Waals surface area (Å²) in [5.74, 6) is 0.664. The predicted octanol–water partition coefficient (Wildman–Crippen LogP) is 2.27. The molecule has 2 N–H and O–H groups in total. The second kappa shape index (κ2) is 5.88. The highest BCUT2D eigenvalue weighted by Gasteiger charge is 2.27. The molecule has 0 heterocycles. The van der Waals surface area contributed by atoms with Crippen LogP contribution in [0.2, 0.25) is 0 Å². The molecule has 1 unspecified atom stereocenters. The first-order valence-electron chi connectivity index (χ1n) is 4.96. The average Bonchev–Trinajstić information content (AvgIpc) is 2.27. The Morgan fingerprint density at radius 1 is 1.24 bits per heavy atom. The van der Waals surface area contributed by atoms with E-state index in [0.717, 1.165) is 0 Å². The van der Waals surface area contributed by atoms with Crippen LogP contribution in [0.1, 0.15) is 11.6 Å². The Labute approximate surface area is 97.3 Å². The second-order valence-electron chi connectivity index (χ2n) is 3.51. The van der Waals surface area contributed by atoms with Crippen LogP contribution in [0.3, 0.4) is 0 Å². The third-order valence-electron chi connectivity index (χ3n) is 2.11. The van der Waals surface area contributed by atoms with Gasteiger partial charge >= 0.3 is 6.18 Å². The van der Waals surface area contributed by atoms with E-state index in [1.807, 2.05) is 0 Å². The maximum absolute atomic E-state index is 11.8. The van der Waals surface area contributed by atoms with Crippen LogP contribution in [-0.2, 0) is 4.74 Å². The predicted molar refractivity (Wildman–Crippen MR) is 56.8 cm³/mol. The lowest BCUT2D eigenvalue weighted by Gasteiger charge is -2.14. The summed E-state index contributed by atoms with van der Waals surface area (Å²) in [4.78, 5) is 0. The van der Waals surface area contributed by atoms with Gasteiger partial charge in [-0.3, -0.25) is 0 Å². The largest absolute Gasteiger partial charge is 0.497 e. The Bertz CT molecular complexity index is 338. The summed E-state index contributed by atoms with van der Waals surface area (Å²) in [7, 11) is 1.53. The first-order valence-corrected chi connectivity index (χ1v) is 4.96. The highest BCUT2D eigenvalue weighted by atomic mass is 19.4. The lowest BCUT2D eigenvalue weighted by molar-refractivity contribution is -0.174. The molecule has 1 atom stereocenters. The molecule has 0 bridgehead atoms. The van der Waals surface area contributed by atoms with Gasteiger partial charge in [-0.1, -0.05) is 12.1 Å². The molecular weight excluding hydrogens is 235 g/mol. The average molecular weight is 249 g/mol. The van der Waals surface area contributed by atoms with Gasteiger partial charge < -0.3 is 15.2 Å². The highest BCUT2D eigenvalue weighted by molar-refractivity contribution is 5.28. The maximum Gasteiger partial charge on any atom is 0.411 e. The van der Waals surface area contributed by atoms with Crippen molar-refractivity contribution in [3.63, 3.8) is 0 Å². The van der Waals surface area contributed by atoms with E-state index in [0.29, 0.717) is 11.3 Å². The van der Waals surface area contributed by atoms with Crippen molar-refractivity contribution in [1.29, 1.82) is 0 Å². The van der Waals surface area contributed by atoms with E-state index in [1.165, 1.54) is 7.11 Å². The molecule has 1 aromatic carbocycles. The van der Waals surface area contributed by atoms with Gasteiger partial charge in [0, 0.05) is 0 Å². The molecule has 0 aliphatic heterocycles. The summed E-state index contributed by atoms with van der Waals surface area (Å²) in [6.45, 7) is -1.46. The fraction of sp³-hybridized carbons (Fsp3) is 0.455. The molecule has 0 saturated carbocycles. The Hall–Kier alpha value is -1.27. The zero-order valence-electron chi connectivity index (χ0n) is 9.33. The fourth-order valence-corrected chi connectivity index (χ4v) is 1.25. The molecule has 0 amide bonds. The molecule has 3 nitrogen and oxygen atoms in total. The SMILES string of the molecule is COc1ccc(C(N)COCC(F)(F)F)cc1. The highest BCUT2D eigenvalue weighted by Crippen LogP contribution is 2.18. The lowest BCUT2D eigenvalue weighted by Crippen LogP contribution is -2.23. The third kappa shape index (κ3) is 5.06. The van der Waals surface area contributed by atoms with Crippen molar-refractivity contribution >= 4 is 0 Å². The number of hydrogen-bond acceptors (Lipinski definition) is 3. The van der Waals surface area contributed by atoms with Gasteiger partial charge in [-0.15, -0.1) is 0 Å². The van der Waals surface area contributed by atoms with E-state index in [4.69, 9.17) is 10.5 Å². The number of ether oxygens (including phenoxy) is 2. The molecule has 6 heteroatoms. The summed E-state index contributed by atoms with van der Waals surface area (Å²) < 4.78 is 44.9. The summed E-state index contributed by atoms with van der Waals surface area (Å²) in [6, 6.07) is 6.20. The summed E-state index contributed by atoms with van der Waals surface area (Å²) in [5.41, 5.74) is 6.38.